The Balaban J connectivity index is 1.35. The molecule has 1 unspecified atom stereocenters. The monoisotopic (exact) mass is 424 g/mol. The average molecular weight is 425 g/mol. The Bertz CT molecular complexity index is 1020. The summed E-state index contributed by atoms with van der Waals surface area (Å²) in [6.07, 6.45) is 0.204. The summed E-state index contributed by atoms with van der Waals surface area (Å²) in [7, 11) is 0. The van der Waals surface area contributed by atoms with Crippen LogP contribution in [0.25, 0.3) is 0 Å². The highest BCUT2D eigenvalue weighted by molar-refractivity contribution is 7.98. The van der Waals surface area contributed by atoms with Gasteiger partial charge in [-0.05, 0) is 30.7 Å². The number of carbonyl (C=O) groups is 2. The Kier molecular flexibility index (Phi) is 5.92. The summed E-state index contributed by atoms with van der Waals surface area (Å²) in [6.45, 7) is 2.34. The molecular weight excluding hydrogens is 404 g/mol. The summed E-state index contributed by atoms with van der Waals surface area (Å²) in [5, 5.41) is 12.4. The molecule has 0 radical (unpaired) electrons. The Hall–Kier alpha value is -2.71. The summed E-state index contributed by atoms with van der Waals surface area (Å²) in [4.78, 5) is 27.9. The van der Waals surface area contributed by atoms with Crippen LogP contribution in [0.15, 0.2) is 59.5 Å². The van der Waals surface area contributed by atoms with E-state index in [1.807, 2.05) is 61.5 Å². The van der Waals surface area contributed by atoms with E-state index in [0.29, 0.717) is 17.4 Å². The van der Waals surface area contributed by atoms with Crippen molar-refractivity contribution in [3.8, 4) is 0 Å². The molecule has 148 valence electrons. The number of nitrogens with zero attached hydrogens (tertiary/aromatic N) is 3. The number of thioether (sulfide) groups is 1. The van der Waals surface area contributed by atoms with Crippen LogP contribution in [-0.4, -0.2) is 28.6 Å². The molecule has 3 aromatic rings. The molecule has 0 spiro atoms. The van der Waals surface area contributed by atoms with Crippen molar-refractivity contribution in [3.05, 3.63) is 65.2 Å². The fraction of sp³-hybridized carbons (Fsp3) is 0.238. The molecule has 2 amide bonds. The van der Waals surface area contributed by atoms with Crippen LogP contribution in [0.3, 0.4) is 0 Å². The summed E-state index contributed by atoms with van der Waals surface area (Å²) in [6, 6.07) is 17.8. The maximum atomic E-state index is 12.7. The lowest BCUT2D eigenvalue weighted by Gasteiger charge is -2.18. The van der Waals surface area contributed by atoms with Crippen LogP contribution < -0.4 is 10.2 Å². The highest BCUT2D eigenvalue weighted by atomic mass is 32.2. The molecule has 1 N–H and O–H groups in total. The molecular formula is C21H20N4O2S2. The van der Waals surface area contributed by atoms with Gasteiger partial charge in [-0.1, -0.05) is 47.7 Å². The second kappa shape index (κ2) is 8.75. The number of carbonyl (C=O) groups excluding carboxylic acids is 2. The van der Waals surface area contributed by atoms with Crippen LogP contribution in [0, 0.1) is 12.8 Å². The first kappa shape index (κ1) is 19.6. The molecule has 1 fully saturated rings. The van der Waals surface area contributed by atoms with Gasteiger partial charge in [-0.3, -0.25) is 9.59 Å². The SMILES string of the molecule is Cc1ccccc1N1CC(C(=O)Nc2nnc(CSc3ccccc3)s2)CC1=O. The first-order chi connectivity index (χ1) is 14.1. The van der Waals surface area contributed by atoms with Gasteiger partial charge in [0.25, 0.3) is 0 Å². The molecule has 0 aliphatic carbocycles. The van der Waals surface area contributed by atoms with E-state index in [1.165, 1.54) is 11.3 Å². The number of anilines is 2. The molecule has 4 rings (SSSR count). The van der Waals surface area contributed by atoms with Crippen molar-refractivity contribution in [2.24, 2.45) is 5.92 Å². The number of hydrogen-bond acceptors (Lipinski definition) is 6. The van der Waals surface area contributed by atoms with E-state index in [9.17, 15) is 9.59 Å². The maximum Gasteiger partial charge on any atom is 0.231 e. The molecule has 1 atom stereocenters. The van der Waals surface area contributed by atoms with Gasteiger partial charge >= 0.3 is 0 Å². The van der Waals surface area contributed by atoms with Crippen LogP contribution in [0.5, 0.6) is 0 Å². The molecule has 29 heavy (non-hydrogen) atoms. The molecule has 2 heterocycles. The molecule has 6 nitrogen and oxygen atoms in total. The molecule has 1 aromatic heterocycles. The lowest BCUT2D eigenvalue weighted by Crippen LogP contribution is -2.28. The number of rotatable bonds is 6. The van der Waals surface area contributed by atoms with Gasteiger partial charge in [-0.2, -0.15) is 0 Å². The average Bonchev–Trinajstić information content (AvgIpc) is 3.34. The minimum absolute atomic E-state index is 0.0309. The van der Waals surface area contributed by atoms with Crippen molar-refractivity contribution in [2.75, 3.05) is 16.8 Å². The van der Waals surface area contributed by atoms with E-state index in [4.69, 9.17) is 0 Å². The van der Waals surface area contributed by atoms with Crippen molar-refractivity contribution in [3.63, 3.8) is 0 Å². The van der Waals surface area contributed by atoms with Gasteiger partial charge in [-0.15, -0.1) is 22.0 Å². The topological polar surface area (TPSA) is 75.2 Å². The fourth-order valence-electron chi connectivity index (χ4n) is 3.21. The normalized spacial score (nSPS) is 16.2. The quantitative estimate of drug-likeness (QED) is 0.602. The van der Waals surface area contributed by atoms with E-state index in [1.54, 1.807) is 16.7 Å². The van der Waals surface area contributed by atoms with E-state index in [2.05, 4.69) is 15.5 Å². The first-order valence-corrected chi connectivity index (χ1v) is 11.1. The fourth-order valence-corrected chi connectivity index (χ4v) is 4.86. The zero-order valence-corrected chi connectivity index (χ0v) is 17.5. The van der Waals surface area contributed by atoms with Gasteiger partial charge in [0.1, 0.15) is 5.01 Å². The standard InChI is InChI=1S/C21H20N4O2S2/c1-14-7-5-6-10-17(14)25-12-15(11-19(25)26)20(27)22-21-24-23-18(29-21)13-28-16-8-3-2-4-9-16/h2-10,15H,11-13H2,1H3,(H,22,24,27). The van der Waals surface area contributed by atoms with Gasteiger partial charge in [0.2, 0.25) is 16.9 Å². The summed E-state index contributed by atoms with van der Waals surface area (Å²) in [5.41, 5.74) is 1.88. The van der Waals surface area contributed by atoms with Crippen LogP contribution in [0.2, 0.25) is 0 Å². The summed E-state index contributed by atoms with van der Waals surface area (Å²) < 4.78 is 0. The highest BCUT2D eigenvalue weighted by Crippen LogP contribution is 2.29. The van der Waals surface area contributed by atoms with Gasteiger partial charge in [-0.25, -0.2) is 0 Å². The predicted molar refractivity (Wildman–Crippen MR) is 116 cm³/mol. The van der Waals surface area contributed by atoms with E-state index >= 15 is 0 Å². The van der Waals surface area contributed by atoms with Crippen molar-refractivity contribution in [2.45, 2.75) is 24.0 Å². The molecule has 1 aliphatic rings. The van der Waals surface area contributed by atoms with Crippen LogP contribution in [-0.2, 0) is 15.3 Å². The predicted octanol–water partition coefficient (Wildman–Crippen LogP) is 4.13. The third-order valence-corrected chi connectivity index (χ3v) is 6.75. The first-order valence-electron chi connectivity index (χ1n) is 9.27. The van der Waals surface area contributed by atoms with Crippen molar-refractivity contribution >= 4 is 45.7 Å². The zero-order chi connectivity index (χ0) is 20.2. The van der Waals surface area contributed by atoms with Crippen LogP contribution >= 0.6 is 23.1 Å². The van der Waals surface area contributed by atoms with Gasteiger partial charge in [0.05, 0.1) is 11.7 Å². The smallest absolute Gasteiger partial charge is 0.231 e. The number of benzene rings is 2. The number of nitrogens with one attached hydrogen (secondary N) is 1. The van der Waals surface area contributed by atoms with Crippen molar-refractivity contribution in [1.29, 1.82) is 0 Å². The molecule has 0 bridgehead atoms. The second-order valence-corrected chi connectivity index (χ2v) is 8.89. The van der Waals surface area contributed by atoms with Gasteiger partial charge < -0.3 is 10.2 Å². The highest BCUT2D eigenvalue weighted by Gasteiger charge is 2.35. The number of hydrogen-bond donors (Lipinski definition) is 1. The summed E-state index contributed by atoms with van der Waals surface area (Å²) in [5.74, 6) is 0.0817. The summed E-state index contributed by atoms with van der Waals surface area (Å²) >= 11 is 3.04. The minimum atomic E-state index is -0.395. The van der Waals surface area contributed by atoms with E-state index < -0.39 is 5.92 Å². The van der Waals surface area contributed by atoms with Gasteiger partial charge in [0.15, 0.2) is 0 Å². The minimum Gasteiger partial charge on any atom is -0.311 e. The zero-order valence-electron chi connectivity index (χ0n) is 15.9. The lowest BCUT2D eigenvalue weighted by molar-refractivity contribution is -0.122. The third-order valence-electron chi connectivity index (χ3n) is 4.70. The van der Waals surface area contributed by atoms with E-state index in [0.717, 1.165) is 21.2 Å². The Morgan fingerprint density at radius 1 is 1.17 bits per heavy atom. The Morgan fingerprint density at radius 3 is 2.72 bits per heavy atom. The number of aryl methyl sites for hydroxylation is 1. The van der Waals surface area contributed by atoms with E-state index in [-0.39, 0.29) is 18.2 Å². The van der Waals surface area contributed by atoms with Crippen LogP contribution in [0.1, 0.15) is 17.0 Å². The Labute approximate surface area is 177 Å². The second-order valence-electron chi connectivity index (χ2n) is 6.78. The number of amides is 2. The molecule has 2 aromatic carbocycles. The third kappa shape index (κ3) is 4.65. The maximum absolute atomic E-state index is 12.7. The lowest BCUT2D eigenvalue weighted by atomic mass is 10.1. The molecule has 1 saturated heterocycles. The Morgan fingerprint density at radius 2 is 1.93 bits per heavy atom. The number of aromatic nitrogens is 2. The number of para-hydroxylation sites is 1. The molecule has 0 saturated carbocycles. The largest absolute Gasteiger partial charge is 0.311 e. The van der Waals surface area contributed by atoms with Crippen molar-refractivity contribution in [1.82, 2.24) is 10.2 Å². The molecule has 8 heteroatoms. The van der Waals surface area contributed by atoms with Crippen LogP contribution in [0.4, 0.5) is 10.8 Å². The van der Waals surface area contributed by atoms with Gasteiger partial charge in [0, 0.05) is 23.5 Å². The van der Waals surface area contributed by atoms with Crippen molar-refractivity contribution < 1.29 is 9.59 Å². The molecule has 1 aliphatic heterocycles.